The summed E-state index contributed by atoms with van der Waals surface area (Å²) in [5, 5.41) is 6.33. The number of aromatic nitrogens is 1. The molecule has 1 fully saturated rings. The molecule has 1 aromatic heterocycles. The number of halogens is 3. The van der Waals surface area contributed by atoms with Gasteiger partial charge in [0, 0.05) is 37.9 Å². The van der Waals surface area contributed by atoms with E-state index in [9.17, 15) is 13.2 Å². The van der Waals surface area contributed by atoms with Gasteiger partial charge in [0.25, 0.3) is 0 Å². The van der Waals surface area contributed by atoms with Crippen LogP contribution in [0.4, 0.5) is 19.0 Å². The van der Waals surface area contributed by atoms with E-state index in [1.54, 1.807) is 12.1 Å². The zero-order valence-electron chi connectivity index (χ0n) is 18.5. The zero-order chi connectivity index (χ0) is 23.0. The molecule has 0 radical (unpaired) electrons. The first kappa shape index (κ1) is 23.7. The van der Waals surface area contributed by atoms with Gasteiger partial charge in [0.05, 0.1) is 6.54 Å². The first-order valence-electron chi connectivity index (χ1n) is 10.8. The number of guanidine groups is 1. The predicted octanol–water partition coefficient (Wildman–Crippen LogP) is 4.19. The zero-order valence-corrected chi connectivity index (χ0v) is 18.5. The molecular weight excluding hydrogens is 419 g/mol. The van der Waals surface area contributed by atoms with Gasteiger partial charge in [-0.3, -0.25) is 0 Å². The van der Waals surface area contributed by atoms with E-state index in [2.05, 4.69) is 25.5 Å². The lowest BCUT2D eigenvalue weighted by atomic mass is 10.1. The standard InChI is InChI=1S/C23H30F3N5O/c1-3-27-22(29-14-18-7-9-21(28-13-18)31-10-4-5-11-31)30-15-19-8-6-17(2)12-20(19)32-16-23(24,25)26/h6-9,12-13H,3-5,10-11,14-16H2,1-2H3,(H2,27,29,30). The van der Waals surface area contributed by atoms with E-state index in [-0.39, 0.29) is 12.3 Å². The minimum atomic E-state index is -4.39. The second-order valence-electron chi connectivity index (χ2n) is 7.78. The molecule has 1 aliphatic rings. The molecule has 0 bridgehead atoms. The van der Waals surface area contributed by atoms with Gasteiger partial charge >= 0.3 is 6.18 Å². The number of benzene rings is 1. The lowest BCUT2D eigenvalue weighted by Gasteiger charge is -2.17. The van der Waals surface area contributed by atoms with Crippen LogP contribution in [0.5, 0.6) is 5.75 Å². The number of hydrogen-bond donors (Lipinski definition) is 2. The number of nitrogens with one attached hydrogen (secondary N) is 2. The number of alkyl halides is 3. The summed E-state index contributed by atoms with van der Waals surface area (Å²) in [4.78, 5) is 11.4. The molecule has 2 aromatic rings. The fourth-order valence-electron chi connectivity index (χ4n) is 3.44. The molecule has 2 N–H and O–H groups in total. The fourth-order valence-corrected chi connectivity index (χ4v) is 3.44. The Bertz CT molecular complexity index is 893. The van der Waals surface area contributed by atoms with Crippen LogP contribution in [0, 0.1) is 6.92 Å². The lowest BCUT2D eigenvalue weighted by molar-refractivity contribution is -0.153. The smallest absolute Gasteiger partial charge is 0.422 e. The topological polar surface area (TPSA) is 61.8 Å². The minimum Gasteiger partial charge on any atom is -0.484 e. The van der Waals surface area contributed by atoms with Crippen molar-refractivity contribution in [3.05, 3.63) is 53.2 Å². The van der Waals surface area contributed by atoms with Gasteiger partial charge in [-0.05, 0) is 49.9 Å². The number of hydrogen-bond acceptors (Lipinski definition) is 4. The average molecular weight is 450 g/mol. The van der Waals surface area contributed by atoms with Gasteiger partial charge in [-0.1, -0.05) is 18.2 Å². The highest BCUT2D eigenvalue weighted by Gasteiger charge is 2.28. The van der Waals surface area contributed by atoms with Gasteiger partial charge in [-0.15, -0.1) is 0 Å². The summed E-state index contributed by atoms with van der Waals surface area (Å²) in [6.07, 6.45) is -0.141. The molecule has 0 saturated carbocycles. The van der Waals surface area contributed by atoms with E-state index in [4.69, 9.17) is 4.74 Å². The van der Waals surface area contributed by atoms with E-state index in [1.807, 2.05) is 38.2 Å². The van der Waals surface area contributed by atoms with E-state index >= 15 is 0 Å². The summed E-state index contributed by atoms with van der Waals surface area (Å²) in [6.45, 7) is 5.92. The Morgan fingerprint density at radius 1 is 1.16 bits per heavy atom. The molecule has 1 saturated heterocycles. The Morgan fingerprint density at radius 2 is 1.94 bits per heavy atom. The first-order valence-corrected chi connectivity index (χ1v) is 10.8. The van der Waals surface area contributed by atoms with Gasteiger partial charge < -0.3 is 20.3 Å². The van der Waals surface area contributed by atoms with E-state index in [0.717, 1.165) is 30.0 Å². The summed E-state index contributed by atoms with van der Waals surface area (Å²) in [7, 11) is 0. The molecule has 0 aliphatic carbocycles. The van der Waals surface area contributed by atoms with E-state index in [1.165, 1.54) is 12.8 Å². The molecule has 174 valence electrons. The largest absolute Gasteiger partial charge is 0.484 e. The van der Waals surface area contributed by atoms with Crippen LogP contribution in [-0.4, -0.2) is 43.4 Å². The molecule has 0 atom stereocenters. The molecule has 9 heteroatoms. The number of anilines is 1. The summed E-state index contributed by atoms with van der Waals surface area (Å²) >= 11 is 0. The number of aliphatic imine (C=N–C) groups is 1. The van der Waals surface area contributed by atoms with Crippen molar-refractivity contribution in [1.29, 1.82) is 0 Å². The maximum absolute atomic E-state index is 12.6. The second kappa shape index (κ2) is 11.1. The summed E-state index contributed by atoms with van der Waals surface area (Å²) < 4.78 is 42.8. The van der Waals surface area contributed by atoms with Gasteiger partial charge in [-0.2, -0.15) is 13.2 Å². The molecule has 6 nitrogen and oxygen atoms in total. The van der Waals surface area contributed by atoms with Gasteiger partial charge in [0.1, 0.15) is 11.6 Å². The fraction of sp³-hybridized carbons (Fsp3) is 0.478. The number of nitrogens with zero attached hydrogens (tertiary/aromatic N) is 3. The summed E-state index contributed by atoms with van der Waals surface area (Å²) in [6, 6.07) is 9.26. The van der Waals surface area contributed by atoms with Gasteiger partial charge in [-0.25, -0.2) is 9.98 Å². The van der Waals surface area contributed by atoms with Crippen molar-refractivity contribution in [2.24, 2.45) is 4.99 Å². The first-order chi connectivity index (χ1) is 15.3. The van der Waals surface area contributed by atoms with Crippen molar-refractivity contribution in [2.45, 2.75) is 46.0 Å². The Kier molecular flexibility index (Phi) is 8.19. The monoisotopic (exact) mass is 449 g/mol. The van der Waals surface area contributed by atoms with E-state index < -0.39 is 12.8 Å². The number of pyridine rings is 1. The third-order valence-corrected chi connectivity index (χ3v) is 5.06. The highest BCUT2D eigenvalue weighted by atomic mass is 19.4. The van der Waals surface area contributed by atoms with Crippen molar-refractivity contribution in [3.8, 4) is 5.75 Å². The normalized spacial score (nSPS) is 14.5. The Hall–Kier alpha value is -2.97. The van der Waals surface area contributed by atoms with Crippen LogP contribution in [0.3, 0.4) is 0 Å². The number of aryl methyl sites for hydroxylation is 1. The predicted molar refractivity (Wildman–Crippen MR) is 120 cm³/mol. The highest BCUT2D eigenvalue weighted by Crippen LogP contribution is 2.24. The number of rotatable bonds is 8. The van der Waals surface area contributed by atoms with Crippen LogP contribution in [0.1, 0.15) is 36.5 Å². The average Bonchev–Trinajstić information content (AvgIpc) is 3.30. The highest BCUT2D eigenvalue weighted by molar-refractivity contribution is 5.79. The lowest BCUT2D eigenvalue weighted by Crippen LogP contribution is -2.37. The Morgan fingerprint density at radius 3 is 2.59 bits per heavy atom. The van der Waals surface area contributed by atoms with Crippen molar-refractivity contribution >= 4 is 11.8 Å². The van der Waals surface area contributed by atoms with Crippen LogP contribution < -0.4 is 20.3 Å². The molecule has 2 heterocycles. The molecule has 0 unspecified atom stereocenters. The molecule has 32 heavy (non-hydrogen) atoms. The quantitative estimate of drug-likeness (QED) is 0.468. The molecular formula is C23H30F3N5O. The van der Waals surface area contributed by atoms with Gasteiger partial charge in [0.15, 0.2) is 12.6 Å². The number of ether oxygens (including phenoxy) is 1. The Labute approximate surface area is 186 Å². The SMILES string of the molecule is CCNC(=NCc1ccc(N2CCCC2)nc1)NCc1ccc(C)cc1OCC(F)(F)F. The second-order valence-corrected chi connectivity index (χ2v) is 7.78. The van der Waals surface area contributed by atoms with Crippen molar-refractivity contribution in [1.82, 2.24) is 15.6 Å². The van der Waals surface area contributed by atoms with Crippen LogP contribution in [-0.2, 0) is 13.1 Å². The van der Waals surface area contributed by atoms with E-state index in [0.29, 0.717) is 24.6 Å². The van der Waals surface area contributed by atoms with Crippen LogP contribution >= 0.6 is 0 Å². The van der Waals surface area contributed by atoms with Crippen LogP contribution in [0.2, 0.25) is 0 Å². The van der Waals surface area contributed by atoms with Crippen LogP contribution in [0.15, 0.2) is 41.5 Å². The van der Waals surface area contributed by atoms with Crippen molar-refractivity contribution in [2.75, 3.05) is 31.1 Å². The maximum Gasteiger partial charge on any atom is 0.422 e. The minimum absolute atomic E-state index is 0.215. The maximum atomic E-state index is 12.6. The van der Waals surface area contributed by atoms with Crippen molar-refractivity contribution in [3.63, 3.8) is 0 Å². The molecule has 0 spiro atoms. The third-order valence-electron chi connectivity index (χ3n) is 5.06. The molecule has 3 rings (SSSR count). The summed E-state index contributed by atoms with van der Waals surface area (Å²) in [5.74, 6) is 1.77. The Balaban J connectivity index is 1.62. The molecule has 1 aromatic carbocycles. The van der Waals surface area contributed by atoms with Gasteiger partial charge in [0.2, 0.25) is 0 Å². The molecule has 1 aliphatic heterocycles. The molecule has 0 amide bonds. The summed E-state index contributed by atoms with van der Waals surface area (Å²) in [5.41, 5.74) is 2.44. The van der Waals surface area contributed by atoms with Crippen molar-refractivity contribution < 1.29 is 17.9 Å². The third kappa shape index (κ3) is 7.32. The van der Waals surface area contributed by atoms with Crippen LogP contribution in [0.25, 0.3) is 0 Å².